The molecule has 2 saturated heterocycles. The maximum Gasteiger partial charge on any atom is 0.255 e. The van der Waals surface area contributed by atoms with Gasteiger partial charge in [-0.25, -0.2) is 4.98 Å². The highest BCUT2D eigenvalue weighted by Crippen LogP contribution is 2.31. The molecule has 0 saturated carbocycles. The van der Waals surface area contributed by atoms with Crippen molar-refractivity contribution in [2.75, 3.05) is 36.0 Å². The Morgan fingerprint density at radius 2 is 1.78 bits per heavy atom. The Bertz CT molecular complexity index is 1500. The molecule has 2 aromatic carbocycles. The molecule has 6 rings (SSSR count). The van der Waals surface area contributed by atoms with E-state index in [9.17, 15) is 19.2 Å². The van der Waals surface area contributed by atoms with E-state index in [1.807, 2.05) is 54.7 Å². The van der Waals surface area contributed by atoms with Gasteiger partial charge in [0.25, 0.3) is 5.91 Å². The second-order valence-corrected chi connectivity index (χ2v) is 10.8. The van der Waals surface area contributed by atoms with Crippen LogP contribution in [0.4, 0.5) is 11.5 Å². The maximum atomic E-state index is 13.1. The standard InChI is InChI=1S/C31H32N6O4/c32-29(39)25(21-4-3-5-23(18-21)35-12-14-36(15-13-35)27-6-1-2-11-33-27)17-20-7-8-24-22(16-20)19-37(31(24)41)26-9-10-28(38)34-30(26)40/h1-8,11,16,18,25-26H,9-10,12-15,17,19H2,(H2,32,39)(H,34,38,40). The van der Waals surface area contributed by atoms with E-state index < -0.39 is 23.8 Å². The summed E-state index contributed by atoms with van der Waals surface area (Å²) >= 11 is 0. The van der Waals surface area contributed by atoms with E-state index in [2.05, 4.69) is 26.2 Å². The summed E-state index contributed by atoms with van der Waals surface area (Å²) in [5.41, 5.74) is 10.0. The van der Waals surface area contributed by atoms with E-state index in [0.717, 1.165) is 54.4 Å². The molecule has 3 aromatic rings. The first-order valence-corrected chi connectivity index (χ1v) is 13.9. The van der Waals surface area contributed by atoms with Crippen LogP contribution in [-0.4, -0.2) is 65.7 Å². The van der Waals surface area contributed by atoms with Gasteiger partial charge in [0.1, 0.15) is 11.9 Å². The fraction of sp³-hybridized carbons (Fsp3) is 0.323. The van der Waals surface area contributed by atoms with Crippen LogP contribution in [0.15, 0.2) is 66.9 Å². The molecule has 3 aliphatic rings. The van der Waals surface area contributed by atoms with Gasteiger partial charge in [0.15, 0.2) is 0 Å². The summed E-state index contributed by atoms with van der Waals surface area (Å²) in [7, 11) is 0. The van der Waals surface area contributed by atoms with Gasteiger partial charge in [-0.15, -0.1) is 0 Å². The first-order valence-electron chi connectivity index (χ1n) is 13.9. The van der Waals surface area contributed by atoms with Gasteiger partial charge in [-0.3, -0.25) is 24.5 Å². The smallest absolute Gasteiger partial charge is 0.255 e. The highest BCUT2D eigenvalue weighted by Gasteiger charge is 2.39. The number of nitrogens with two attached hydrogens (primary N) is 1. The number of pyridine rings is 1. The number of aromatic nitrogens is 1. The molecule has 0 spiro atoms. The van der Waals surface area contributed by atoms with Crippen molar-refractivity contribution in [2.45, 2.75) is 37.8 Å². The molecule has 41 heavy (non-hydrogen) atoms. The SMILES string of the molecule is NC(=O)C(Cc1ccc2c(c1)CN(C1CCC(=O)NC1=O)C2=O)c1cccc(N2CCN(c3ccccn3)CC2)c1. The molecule has 4 heterocycles. The van der Waals surface area contributed by atoms with Gasteiger partial charge in [-0.2, -0.15) is 0 Å². The van der Waals surface area contributed by atoms with E-state index in [-0.39, 0.29) is 24.8 Å². The van der Waals surface area contributed by atoms with E-state index in [1.54, 1.807) is 6.07 Å². The average Bonchev–Trinajstić information content (AvgIpc) is 3.31. The number of hydrogen-bond acceptors (Lipinski definition) is 7. The van der Waals surface area contributed by atoms with Gasteiger partial charge in [-0.1, -0.05) is 30.3 Å². The third-order valence-electron chi connectivity index (χ3n) is 8.26. The molecule has 2 fully saturated rings. The number of imide groups is 1. The van der Waals surface area contributed by atoms with Crippen LogP contribution in [0.25, 0.3) is 0 Å². The third-order valence-corrected chi connectivity index (χ3v) is 8.26. The van der Waals surface area contributed by atoms with Crippen molar-refractivity contribution in [2.24, 2.45) is 5.73 Å². The van der Waals surface area contributed by atoms with Crippen molar-refractivity contribution >= 4 is 35.1 Å². The molecular formula is C31H32N6O4. The van der Waals surface area contributed by atoms with Crippen molar-refractivity contribution in [1.82, 2.24) is 15.2 Å². The van der Waals surface area contributed by atoms with Gasteiger partial charge in [0, 0.05) is 56.6 Å². The zero-order valence-electron chi connectivity index (χ0n) is 22.7. The molecule has 10 heteroatoms. The van der Waals surface area contributed by atoms with Crippen LogP contribution in [0.1, 0.15) is 45.8 Å². The number of hydrogen-bond donors (Lipinski definition) is 2. The Labute approximate surface area is 238 Å². The van der Waals surface area contributed by atoms with Crippen molar-refractivity contribution in [1.29, 1.82) is 0 Å². The number of anilines is 2. The summed E-state index contributed by atoms with van der Waals surface area (Å²) in [6, 6.07) is 18.8. The van der Waals surface area contributed by atoms with E-state index in [1.165, 1.54) is 4.90 Å². The number of amides is 4. The Hall–Kier alpha value is -4.73. The molecule has 0 bridgehead atoms. The minimum absolute atomic E-state index is 0.209. The molecule has 10 nitrogen and oxygen atoms in total. The van der Waals surface area contributed by atoms with Crippen LogP contribution in [0, 0.1) is 0 Å². The summed E-state index contributed by atoms with van der Waals surface area (Å²) in [6.45, 7) is 3.66. The van der Waals surface area contributed by atoms with Crippen LogP contribution < -0.4 is 20.9 Å². The Kier molecular flexibility index (Phi) is 7.13. The second-order valence-electron chi connectivity index (χ2n) is 10.8. The van der Waals surface area contributed by atoms with Gasteiger partial charge in [0.2, 0.25) is 17.7 Å². The van der Waals surface area contributed by atoms with Crippen LogP contribution in [0.2, 0.25) is 0 Å². The number of nitrogens with zero attached hydrogens (tertiary/aromatic N) is 4. The lowest BCUT2D eigenvalue weighted by Gasteiger charge is -2.37. The minimum atomic E-state index is -0.664. The number of carbonyl (C=O) groups excluding carboxylic acids is 4. The number of benzene rings is 2. The number of piperazine rings is 1. The van der Waals surface area contributed by atoms with Crippen LogP contribution in [0.5, 0.6) is 0 Å². The summed E-state index contributed by atoms with van der Waals surface area (Å²) in [5.74, 6) is -0.940. The van der Waals surface area contributed by atoms with E-state index in [0.29, 0.717) is 18.4 Å². The monoisotopic (exact) mass is 552 g/mol. The average molecular weight is 553 g/mol. The fourth-order valence-corrected chi connectivity index (χ4v) is 6.05. The predicted octanol–water partition coefficient (Wildman–Crippen LogP) is 1.98. The molecule has 4 amide bonds. The lowest BCUT2D eigenvalue weighted by atomic mass is 9.90. The number of nitrogens with one attached hydrogen (secondary N) is 1. The highest BCUT2D eigenvalue weighted by molar-refractivity contribution is 6.05. The maximum absolute atomic E-state index is 13.1. The number of fused-ring (bicyclic) bond motifs is 1. The third kappa shape index (κ3) is 5.37. The zero-order chi connectivity index (χ0) is 28.5. The molecular weight excluding hydrogens is 520 g/mol. The molecule has 2 atom stereocenters. The number of rotatable bonds is 7. The molecule has 1 aromatic heterocycles. The quantitative estimate of drug-likeness (QED) is 0.429. The molecule has 210 valence electrons. The van der Waals surface area contributed by atoms with Crippen molar-refractivity contribution in [3.8, 4) is 0 Å². The van der Waals surface area contributed by atoms with Gasteiger partial charge in [0.05, 0.1) is 5.92 Å². The number of piperidine rings is 1. The molecule has 3 aliphatic heterocycles. The lowest BCUT2D eigenvalue weighted by molar-refractivity contribution is -0.137. The first-order chi connectivity index (χ1) is 19.9. The van der Waals surface area contributed by atoms with Gasteiger partial charge in [-0.05, 0) is 59.9 Å². The van der Waals surface area contributed by atoms with Gasteiger partial charge >= 0.3 is 0 Å². The minimum Gasteiger partial charge on any atom is -0.369 e. The fourth-order valence-electron chi connectivity index (χ4n) is 6.05. The Morgan fingerprint density at radius 1 is 0.976 bits per heavy atom. The summed E-state index contributed by atoms with van der Waals surface area (Å²) in [6.07, 6.45) is 2.73. The van der Waals surface area contributed by atoms with Gasteiger partial charge < -0.3 is 20.4 Å². The normalized spacial score (nSPS) is 19.7. The highest BCUT2D eigenvalue weighted by atomic mass is 16.2. The van der Waals surface area contributed by atoms with Crippen molar-refractivity contribution in [3.05, 3.63) is 89.1 Å². The Morgan fingerprint density at radius 3 is 2.51 bits per heavy atom. The molecule has 0 radical (unpaired) electrons. The van der Waals surface area contributed by atoms with Crippen LogP contribution in [0.3, 0.4) is 0 Å². The predicted molar refractivity (Wildman–Crippen MR) is 153 cm³/mol. The first kappa shape index (κ1) is 26.5. The number of primary amides is 1. The largest absolute Gasteiger partial charge is 0.369 e. The molecule has 0 aliphatic carbocycles. The zero-order valence-corrected chi connectivity index (χ0v) is 22.7. The molecule has 2 unspecified atom stereocenters. The summed E-state index contributed by atoms with van der Waals surface area (Å²) in [4.78, 5) is 60.2. The topological polar surface area (TPSA) is 129 Å². The van der Waals surface area contributed by atoms with E-state index in [4.69, 9.17) is 5.73 Å². The van der Waals surface area contributed by atoms with Crippen molar-refractivity contribution in [3.63, 3.8) is 0 Å². The lowest BCUT2D eigenvalue weighted by Crippen LogP contribution is -2.52. The molecule has 3 N–H and O–H groups in total. The van der Waals surface area contributed by atoms with Crippen LogP contribution >= 0.6 is 0 Å². The summed E-state index contributed by atoms with van der Waals surface area (Å²) < 4.78 is 0. The van der Waals surface area contributed by atoms with E-state index >= 15 is 0 Å². The van der Waals surface area contributed by atoms with Crippen molar-refractivity contribution < 1.29 is 19.2 Å². The van der Waals surface area contributed by atoms with Crippen LogP contribution in [-0.2, 0) is 27.3 Å². The number of carbonyl (C=O) groups is 4. The summed E-state index contributed by atoms with van der Waals surface area (Å²) in [5, 5.41) is 2.33. The second kappa shape index (κ2) is 11.0. The Balaban J connectivity index is 1.15.